The number of H-pyrrole nitrogens is 1. The van der Waals surface area contributed by atoms with Crippen LogP contribution >= 0.6 is 11.8 Å². The first-order valence-corrected chi connectivity index (χ1v) is 11.3. The Morgan fingerprint density at radius 3 is 2.69 bits per heavy atom. The van der Waals surface area contributed by atoms with Crippen LogP contribution in [0.15, 0.2) is 29.4 Å². The fourth-order valence-electron chi connectivity index (χ4n) is 3.02. The molecule has 1 atom stereocenters. The number of thioether (sulfide) groups is 1. The predicted molar refractivity (Wildman–Crippen MR) is 102 cm³/mol. The maximum absolute atomic E-state index is 12.5. The number of carbonyl (C=O) groups is 1. The monoisotopic (exact) mass is 394 g/mol. The molecule has 2 heterocycles. The number of aromatic nitrogens is 3. The first kappa shape index (κ1) is 18.9. The van der Waals surface area contributed by atoms with Gasteiger partial charge in [0.2, 0.25) is 11.1 Å². The van der Waals surface area contributed by atoms with Crippen molar-refractivity contribution in [3.05, 3.63) is 29.8 Å². The van der Waals surface area contributed by atoms with Gasteiger partial charge in [-0.1, -0.05) is 41.6 Å². The second-order valence-corrected chi connectivity index (χ2v) is 9.53. The van der Waals surface area contributed by atoms with Crippen LogP contribution in [0.1, 0.15) is 18.9 Å². The highest BCUT2D eigenvalue weighted by atomic mass is 32.2. The summed E-state index contributed by atoms with van der Waals surface area (Å²) in [5, 5.41) is 7.54. The second-order valence-electron chi connectivity index (χ2n) is 6.36. The number of amides is 1. The van der Waals surface area contributed by atoms with Gasteiger partial charge in [-0.2, -0.15) is 0 Å². The highest BCUT2D eigenvalue weighted by Crippen LogP contribution is 2.22. The number of nitrogens with zero attached hydrogens (tertiary/aromatic N) is 3. The minimum absolute atomic E-state index is 0.0650. The Hall–Kier alpha value is -1.87. The van der Waals surface area contributed by atoms with Gasteiger partial charge in [0.05, 0.1) is 17.3 Å². The molecule has 0 bridgehead atoms. The van der Waals surface area contributed by atoms with Crippen molar-refractivity contribution in [1.29, 1.82) is 0 Å². The molecule has 0 saturated carbocycles. The van der Waals surface area contributed by atoms with Gasteiger partial charge in [-0.3, -0.25) is 9.89 Å². The number of rotatable bonds is 6. The first-order valence-electron chi connectivity index (χ1n) is 8.50. The zero-order valence-electron chi connectivity index (χ0n) is 14.8. The van der Waals surface area contributed by atoms with Gasteiger partial charge in [-0.15, -0.1) is 5.10 Å². The molecule has 1 saturated heterocycles. The molecule has 1 amide bonds. The van der Waals surface area contributed by atoms with E-state index < -0.39 is 9.84 Å². The lowest BCUT2D eigenvalue weighted by Gasteiger charge is -2.26. The van der Waals surface area contributed by atoms with Crippen LogP contribution in [0.5, 0.6) is 0 Å². The standard InChI is InChI=1S/C17H22N4O3S2/c1-3-21(14-8-9-26(23,24)11-14)15(22)10-25-17-18-16(19-20-17)13-6-4-12(2)5-7-13/h4-7,14H,3,8-11H2,1-2H3,(H,18,19,20)/t14-/m1/s1. The van der Waals surface area contributed by atoms with Crippen LogP contribution in [0.3, 0.4) is 0 Å². The first-order chi connectivity index (χ1) is 12.4. The summed E-state index contributed by atoms with van der Waals surface area (Å²) in [6.07, 6.45) is 0.519. The number of aryl methyl sites for hydroxylation is 1. The van der Waals surface area contributed by atoms with E-state index >= 15 is 0 Å². The Morgan fingerprint density at radius 2 is 2.08 bits per heavy atom. The lowest BCUT2D eigenvalue weighted by atomic mass is 10.1. The lowest BCUT2D eigenvalue weighted by Crippen LogP contribution is -2.41. The molecule has 1 aliphatic heterocycles. The van der Waals surface area contributed by atoms with Gasteiger partial charge in [0.25, 0.3) is 0 Å². The van der Waals surface area contributed by atoms with Crippen LogP contribution in [-0.4, -0.2) is 64.3 Å². The molecule has 26 heavy (non-hydrogen) atoms. The number of sulfone groups is 1. The number of hydrogen-bond donors (Lipinski definition) is 1. The molecule has 2 aromatic rings. The number of benzene rings is 1. The summed E-state index contributed by atoms with van der Waals surface area (Å²) >= 11 is 1.26. The molecule has 1 N–H and O–H groups in total. The predicted octanol–water partition coefficient (Wildman–Crippen LogP) is 1.91. The maximum Gasteiger partial charge on any atom is 0.233 e. The quantitative estimate of drug-likeness (QED) is 0.752. The minimum Gasteiger partial charge on any atom is -0.338 e. The Labute approximate surface area is 157 Å². The maximum atomic E-state index is 12.5. The van der Waals surface area contributed by atoms with Crippen LogP contribution in [0, 0.1) is 6.92 Å². The van der Waals surface area contributed by atoms with E-state index in [1.807, 2.05) is 38.1 Å². The molecule has 140 valence electrons. The average Bonchev–Trinajstić information content (AvgIpc) is 3.21. The lowest BCUT2D eigenvalue weighted by molar-refractivity contribution is -0.129. The average molecular weight is 395 g/mol. The summed E-state index contributed by atoms with van der Waals surface area (Å²) in [6.45, 7) is 4.39. The van der Waals surface area contributed by atoms with E-state index in [2.05, 4.69) is 15.2 Å². The van der Waals surface area contributed by atoms with Gasteiger partial charge in [0.1, 0.15) is 0 Å². The van der Waals surface area contributed by atoms with Crippen molar-refractivity contribution in [1.82, 2.24) is 20.1 Å². The fraction of sp³-hybridized carbons (Fsp3) is 0.471. The minimum atomic E-state index is -3.01. The van der Waals surface area contributed by atoms with Gasteiger partial charge < -0.3 is 4.90 Å². The van der Waals surface area contributed by atoms with Crippen molar-refractivity contribution in [2.24, 2.45) is 0 Å². The molecule has 0 spiro atoms. The Kier molecular flexibility index (Phi) is 5.67. The number of carbonyl (C=O) groups excluding carboxylic acids is 1. The summed E-state index contributed by atoms with van der Waals surface area (Å²) in [5.41, 5.74) is 2.11. The van der Waals surface area contributed by atoms with E-state index in [1.165, 1.54) is 17.3 Å². The zero-order chi connectivity index (χ0) is 18.7. The molecule has 1 aromatic heterocycles. The van der Waals surface area contributed by atoms with Crippen LogP contribution in [0.4, 0.5) is 0 Å². The second kappa shape index (κ2) is 7.79. The molecule has 1 aromatic carbocycles. The van der Waals surface area contributed by atoms with E-state index in [0.717, 1.165) is 5.56 Å². The summed E-state index contributed by atoms with van der Waals surface area (Å²) in [6, 6.07) is 7.73. The molecule has 3 rings (SSSR count). The summed E-state index contributed by atoms with van der Waals surface area (Å²) in [7, 11) is -3.01. The molecule has 1 fully saturated rings. The van der Waals surface area contributed by atoms with Crippen LogP contribution < -0.4 is 0 Å². The number of aromatic amines is 1. The highest BCUT2D eigenvalue weighted by Gasteiger charge is 2.33. The SMILES string of the molecule is CCN(C(=O)CSc1n[nH]c(-c2ccc(C)cc2)n1)[C@@H]1CCS(=O)(=O)C1. The topological polar surface area (TPSA) is 96.0 Å². The molecule has 9 heteroatoms. The molecule has 0 aliphatic carbocycles. The number of nitrogens with one attached hydrogen (secondary N) is 1. The van der Waals surface area contributed by atoms with E-state index in [1.54, 1.807) is 4.90 Å². The third-order valence-corrected chi connectivity index (χ3v) is 7.01. The van der Waals surface area contributed by atoms with Crippen molar-refractivity contribution in [3.63, 3.8) is 0 Å². The van der Waals surface area contributed by atoms with Crippen molar-refractivity contribution in [3.8, 4) is 11.4 Å². The summed E-state index contributed by atoms with van der Waals surface area (Å²) < 4.78 is 23.3. The van der Waals surface area contributed by atoms with Gasteiger partial charge in [-0.25, -0.2) is 13.4 Å². The van der Waals surface area contributed by atoms with Gasteiger partial charge in [-0.05, 0) is 20.3 Å². The smallest absolute Gasteiger partial charge is 0.233 e. The normalized spacial score (nSPS) is 18.8. The molecular formula is C17H22N4O3S2. The number of hydrogen-bond acceptors (Lipinski definition) is 6. The third-order valence-electron chi connectivity index (χ3n) is 4.42. The van der Waals surface area contributed by atoms with Crippen LogP contribution in [0.2, 0.25) is 0 Å². The van der Waals surface area contributed by atoms with Gasteiger partial charge in [0.15, 0.2) is 15.7 Å². The van der Waals surface area contributed by atoms with E-state index in [4.69, 9.17) is 0 Å². The van der Waals surface area contributed by atoms with Gasteiger partial charge >= 0.3 is 0 Å². The van der Waals surface area contributed by atoms with Crippen LogP contribution in [0.25, 0.3) is 11.4 Å². The molecular weight excluding hydrogens is 372 g/mol. The Balaban J connectivity index is 1.60. The van der Waals surface area contributed by atoms with E-state index in [0.29, 0.717) is 23.9 Å². The van der Waals surface area contributed by atoms with Crippen molar-refractivity contribution in [2.75, 3.05) is 23.8 Å². The van der Waals surface area contributed by atoms with Crippen LogP contribution in [-0.2, 0) is 14.6 Å². The Morgan fingerprint density at radius 1 is 1.35 bits per heavy atom. The molecule has 1 aliphatic rings. The molecule has 0 radical (unpaired) electrons. The largest absolute Gasteiger partial charge is 0.338 e. The zero-order valence-corrected chi connectivity index (χ0v) is 16.4. The van der Waals surface area contributed by atoms with Crippen molar-refractivity contribution < 1.29 is 13.2 Å². The van der Waals surface area contributed by atoms with Crippen molar-refractivity contribution in [2.45, 2.75) is 31.5 Å². The summed E-state index contributed by atoms with van der Waals surface area (Å²) in [5.74, 6) is 0.996. The third kappa shape index (κ3) is 4.45. The van der Waals surface area contributed by atoms with Gasteiger partial charge in [0, 0.05) is 18.2 Å². The van der Waals surface area contributed by atoms with E-state index in [-0.39, 0.29) is 29.2 Å². The molecule has 7 nitrogen and oxygen atoms in total. The highest BCUT2D eigenvalue weighted by molar-refractivity contribution is 7.99. The molecule has 0 unspecified atom stereocenters. The fourth-order valence-corrected chi connectivity index (χ4v) is 5.44. The summed E-state index contributed by atoms with van der Waals surface area (Å²) in [4.78, 5) is 18.6. The van der Waals surface area contributed by atoms with Crippen molar-refractivity contribution >= 4 is 27.5 Å². The Bertz CT molecular complexity index is 878. The van der Waals surface area contributed by atoms with E-state index in [9.17, 15) is 13.2 Å².